The summed E-state index contributed by atoms with van der Waals surface area (Å²) >= 11 is 1.43. The van der Waals surface area contributed by atoms with Crippen molar-refractivity contribution in [2.45, 2.75) is 18.4 Å². The molecule has 0 bridgehead atoms. The van der Waals surface area contributed by atoms with Gasteiger partial charge >= 0.3 is 0 Å². The minimum Gasteiger partial charge on any atom is -0.348 e. The molecule has 2 rings (SSSR count). The fourth-order valence-corrected chi connectivity index (χ4v) is 2.52. The lowest BCUT2D eigenvalue weighted by Crippen LogP contribution is -2.23. The monoisotopic (exact) mass is 316 g/mol. The maximum atomic E-state index is 12.3. The van der Waals surface area contributed by atoms with Crippen molar-refractivity contribution in [3.63, 3.8) is 0 Å². The van der Waals surface area contributed by atoms with E-state index in [9.17, 15) is 14.9 Å². The number of thioether (sulfide) groups is 1. The maximum absolute atomic E-state index is 12.3. The second kappa shape index (κ2) is 7.09. The highest BCUT2D eigenvalue weighted by Gasteiger charge is 2.20. The maximum Gasteiger partial charge on any atom is 0.282 e. The Hall–Kier alpha value is -2.34. The number of hydrogen-bond acceptors (Lipinski definition) is 4. The molecule has 0 aromatic heterocycles. The van der Waals surface area contributed by atoms with E-state index in [1.807, 2.05) is 37.4 Å². The first-order chi connectivity index (χ1) is 10.5. The van der Waals surface area contributed by atoms with Crippen molar-refractivity contribution in [3.8, 4) is 0 Å². The molecule has 0 saturated heterocycles. The number of rotatable bonds is 5. The van der Waals surface area contributed by atoms with Crippen LogP contribution in [0, 0.1) is 17.0 Å². The Morgan fingerprint density at radius 2 is 2.05 bits per heavy atom. The zero-order valence-electron chi connectivity index (χ0n) is 12.3. The van der Waals surface area contributed by atoms with Crippen molar-refractivity contribution in [2.24, 2.45) is 0 Å². The van der Waals surface area contributed by atoms with Crippen LogP contribution < -0.4 is 5.32 Å². The molecule has 22 heavy (non-hydrogen) atoms. The Bertz CT molecular complexity index is 716. The standard InChI is InChI=1S/C16H16N2O3S/c1-11-4-3-5-12(8-11)10-17-16(19)14-9-13(22-2)6-7-15(14)18(20)21/h3-9H,10H2,1-2H3,(H,17,19). The number of benzene rings is 2. The molecule has 1 amide bonds. The molecule has 1 N–H and O–H groups in total. The Labute approximate surface area is 132 Å². The summed E-state index contributed by atoms with van der Waals surface area (Å²) in [4.78, 5) is 23.6. The van der Waals surface area contributed by atoms with Gasteiger partial charge in [0.1, 0.15) is 5.56 Å². The minimum atomic E-state index is -0.536. The molecule has 2 aromatic carbocycles. The summed E-state index contributed by atoms with van der Waals surface area (Å²) in [5.74, 6) is -0.441. The average Bonchev–Trinajstić information content (AvgIpc) is 2.52. The van der Waals surface area contributed by atoms with E-state index in [1.54, 1.807) is 12.1 Å². The van der Waals surface area contributed by atoms with E-state index in [1.165, 1.54) is 17.8 Å². The zero-order chi connectivity index (χ0) is 16.1. The number of nitrogens with one attached hydrogen (secondary N) is 1. The fourth-order valence-electron chi connectivity index (χ4n) is 2.08. The quantitative estimate of drug-likeness (QED) is 0.520. The average molecular weight is 316 g/mol. The smallest absolute Gasteiger partial charge is 0.282 e. The molecule has 0 radical (unpaired) electrons. The van der Waals surface area contributed by atoms with Crippen LogP contribution in [0.3, 0.4) is 0 Å². The summed E-state index contributed by atoms with van der Waals surface area (Å²) < 4.78 is 0. The lowest BCUT2D eigenvalue weighted by atomic mass is 10.1. The second-order valence-electron chi connectivity index (χ2n) is 4.81. The lowest BCUT2D eigenvalue weighted by molar-refractivity contribution is -0.385. The van der Waals surface area contributed by atoms with Gasteiger partial charge in [-0.15, -0.1) is 11.8 Å². The summed E-state index contributed by atoms with van der Waals surface area (Å²) in [6, 6.07) is 12.3. The van der Waals surface area contributed by atoms with Gasteiger partial charge in [0, 0.05) is 17.5 Å². The lowest BCUT2D eigenvalue weighted by Gasteiger charge is -2.08. The van der Waals surface area contributed by atoms with E-state index in [0.717, 1.165) is 16.0 Å². The summed E-state index contributed by atoms with van der Waals surface area (Å²) in [6.45, 7) is 2.30. The Kier molecular flexibility index (Phi) is 5.16. The van der Waals surface area contributed by atoms with Gasteiger partial charge in [-0.05, 0) is 30.9 Å². The van der Waals surface area contributed by atoms with Crippen molar-refractivity contribution in [3.05, 3.63) is 69.3 Å². The molecule has 0 unspecified atom stereocenters. The van der Waals surface area contributed by atoms with Gasteiger partial charge in [-0.1, -0.05) is 29.8 Å². The van der Waals surface area contributed by atoms with Gasteiger partial charge < -0.3 is 5.32 Å². The van der Waals surface area contributed by atoms with Crippen LogP contribution in [-0.4, -0.2) is 17.1 Å². The minimum absolute atomic E-state index is 0.0875. The van der Waals surface area contributed by atoms with Gasteiger partial charge in [0.15, 0.2) is 0 Å². The number of amides is 1. The largest absolute Gasteiger partial charge is 0.348 e. The summed E-state index contributed by atoms with van der Waals surface area (Å²) in [5, 5.41) is 13.8. The SMILES string of the molecule is CSc1ccc([N+](=O)[O-])c(C(=O)NCc2cccc(C)c2)c1. The first-order valence-electron chi connectivity index (χ1n) is 6.67. The predicted molar refractivity (Wildman–Crippen MR) is 87.2 cm³/mol. The molecule has 2 aromatic rings. The van der Waals surface area contributed by atoms with E-state index in [-0.39, 0.29) is 11.3 Å². The van der Waals surface area contributed by atoms with Crippen molar-refractivity contribution in [2.75, 3.05) is 6.26 Å². The number of carbonyl (C=O) groups is 1. The molecular weight excluding hydrogens is 300 g/mol. The molecule has 0 saturated carbocycles. The topological polar surface area (TPSA) is 72.2 Å². The molecule has 0 heterocycles. The van der Waals surface area contributed by atoms with E-state index in [0.29, 0.717) is 6.54 Å². The van der Waals surface area contributed by atoms with E-state index < -0.39 is 10.8 Å². The Morgan fingerprint density at radius 1 is 1.27 bits per heavy atom. The van der Waals surface area contributed by atoms with E-state index >= 15 is 0 Å². The van der Waals surface area contributed by atoms with Gasteiger partial charge in [-0.3, -0.25) is 14.9 Å². The molecule has 114 valence electrons. The van der Waals surface area contributed by atoms with E-state index in [2.05, 4.69) is 5.32 Å². The highest BCUT2D eigenvalue weighted by molar-refractivity contribution is 7.98. The molecule has 0 aliphatic carbocycles. The highest BCUT2D eigenvalue weighted by atomic mass is 32.2. The number of hydrogen-bond donors (Lipinski definition) is 1. The first-order valence-corrected chi connectivity index (χ1v) is 7.90. The summed E-state index contributed by atoms with van der Waals surface area (Å²) in [5.41, 5.74) is 1.96. The van der Waals surface area contributed by atoms with Crippen LogP contribution in [0.4, 0.5) is 5.69 Å². The number of aryl methyl sites for hydroxylation is 1. The molecule has 0 aliphatic heterocycles. The van der Waals surface area contributed by atoms with Gasteiger partial charge in [-0.25, -0.2) is 0 Å². The molecule has 0 spiro atoms. The van der Waals surface area contributed by atoms with Crippen LogP contribution in [0.2, 0.25) is 0 Å². The van der Waals surface area contributed by atoms with Crippen LogP contribution >= 0.6 is 11.8 Å². The second-order valence-corrected chi connectivity index (χ2v) is 5.69. The van der Waals surface area contributed by atoms with Crippen LogP contribution in [0.15, 0.2) is 47.4 Å². The number of nitro benzene ring substituents is 1. The number of nitrogens with zero attached hydrogens (tertiary/aromatic N) is 1. The normalized spacial score (nSPS) is 10.3. The first kappa shape index (κ1) is 16.0. The highest BCUT2D eigenvalue weighted by Crippen LogP contribution is 2.24. The third kappa shape index (κ3) is 3.85. The molecule has 0 atom stereocenters. The van der Waals surface area contributed by atoms with Crippen molar-refractivity contribution < 1.29 is 9.72 Å². The molecule has 0 fully saturated rings. The van der Waals surface area contributed by atoms with Crippen molar-refractivity contribution >= 4 is 23.4 Å². The number of nitro groups is 1. The van der Waals surface area contributed by atoms with Crippen molar-refractivity contribution in [1.29, 1.82) is 0 Å². The predicted octanol–water partition coefficient (Wildman–Crippen LogP) is 3.56. The third-order valence-electron chi connectivity index (χ3n) is 3.18. The van der Waals surface area contributed by atoms with Gasteiger partial charge in [0.2, 0.25) is 0 Å². The van der Waals surface area contributed by atoms with Gasteiger partial charge in [0.05, 0.1) is 4.92 Å². The van der Waals surface area contributed by atoms with Crippen molar-refractivity contribution in [1.82, 2.24) is 5.32 Å². The summed E-state index contributed by atoms with van der Waals surface area (Å²) in [6.07, 6.45) is 1.86. The Morgan fingerprint density at radius 3 is 2.68 bits per heavy atom. The number of carbonyl (C=O) groups excluding carboxylic acids is 1. The third-order valence-corrected chi connectivity index (χ3v) is 3.91. The molecule has 6 heteroatoms. The summed E-state index contributed by atoms with van der Waals surface area (Å²) in [7, 11) is 0. The molecular formula is C16H16N2O3S. The van der Waals surface area contributed by atoms with Crippen LogP contribution in [0.25, 0.3) is 0 Å². The van der Waals surface area contributed by atoms with Gasteiger partial charge in [-0.2, -0.15) is 0 Å². The molecule has 5 nitrogen and oxygen atoms in total. The van der Waals surface area contributed by atoms with Crippen LogP contribution in [0.1, 0.15) is 21.5 Å². The zero-order valence-corrected chi connectivity index (χ0v) is 13.1. The van der Waals surface area contributed by atoms with Crippen LogP contribution in [-0.2, 0) is 6.54 Å². The van der Waals surface area contributed by atoms with Crippen LogP contribution in [0.5, 0.6) is 0 Å². The molecule has 0 aliphatic rings. The fraction of sp³-hybridized carbons (Fsp3) is 0.188. The Balaban J connectivity index is 2.19. The van der Waals surface area contributed by atoms with Gasteiger partial charge in [0.25, 0.3) is 11.6 Å². The van der Waals surface area contributed by atoms with E-state index in [4.69, 9.17) is 0 Å².